The zero-order valence-electron chi connectivity index (χ0n) is 13.2. The first kappa shape index (κ1) is 17.8. The lowest BCUT2D eigenvalue weighted by atomic mass is 10.2. The summed E-state index contributed by atoms with van der Waals surface area (Å²) < 4.78 is 10.1. The molecule has 0 aromatic heterocycles. The Kier molecular flexibility index (Phi) is 8.49. The molecule has 2 amide bonds. The maximum absolute atomic E-state index is 11.5. The van der Waals surface area contributed by atoms with E-state index in [9.17, 15) is 9.59 Å². The fourth-order valence-corrected chi connectivity index (χ4v) is 1.80. The van der Waals surface area contributed by atoms with Crippen LogP contribution in [0.1, 0.15) is 24.8 Å². The molecular formula is C16H24N2O4. The summed E-state index contributed by atoms with van der Waals surface area (Å²) in [5, 5.41) is 5.44. The maximum atomic E-state index is 11.5. The molecule has 1 rings (SSSR count). The number of hydrogen-bond acceptors (Lipinski definition) is 4. The molecule has 1 aromatic carbocycles. The van der Waals surface area contributed by atoms with Crippen molar-refractivity contribution in [3.05, 3.63) is 29.8 Å². The van der Waals surface area contributed by atoms with Gasteiger partial charge in [0.05, 0.1) is 13.7 Å². The summed E-state index contributed by atoms with van der Waals surface area (Å²) in [6.45, 7) is 3.38. The predicted molar refractivity (Wildman–Crippen MR) is 83.9 cm³/mol. The van der Waals surface area contributed by atoms with Crippen LogP contribution in [-0.2, 0) is 9.53 Å². The Balaban J connectivity index is 2.00. The van der Waals surface area contributed by atoms with Gasteiger partial charge in [0.25, 0.3) is 0 Å². The third-order valence-electron chi connectivity index (χ3n) is 2.97. The summed E-state index contributed by atoms with van der Waals surface area (Å²) in [6.07, 6.45) is 1.82. The number of urea groups is 1. The van der Waals surface area contributed by atoms with E-state index in [4.69, 9.17) is 4.74 Å². The van der Waals surface area contributed by atoms with Crippen molar-refractivity contribution < 1.29 is 19.1 Å². The Morgan fingerprint density at radius 2 is 1.91 bits per heavy atom. The van der Waals surface area contributed by atoms with Crippen molar-refractivity contribution >= 4 is 12.0 Å². The summed E-state index contributed by atoms with van der Waals surface area (Å²) in [5.74, 6) is 0.572. The molecule has 0 atom stereocenters. The minimum absolute atomic E-state index is 0.224. The minimum Gasteiger partial charge on any atom is -0.492 e. The second-order valence-corrected chi connectivity index (χ2v) is 4.88. The Labute approximate surface area is 131 Å². The second kappa shape index (κ2) is 10.5. The number of hydrogen-bond donors (Lipinski definition) is 2. The molecule has 0 unspecified atom stereocenters. The highest BCUT2D eigenvalue weighted by molar-refractivity contribution is 5.73. The molecule has 0 spiro atoms. The lowest BCUT2D eigenvalue weighted by Crippen LogP contribution is -2.38. The number of ether oxygens (including phenoxy) is 2. The van der Waals surface area contributed by atoms with E-state index < -0.39 is 0 Å². The largest absolute Gasteiger partial charge is 0.492 e. The monoisotopic (exact) mass is 308 g/mol. The van der Waals surface area contributed by atoms with Crippen LogP contribution in [0.3, 0.4) is 0 Å². The van der Waals surface area contributed by atoms with Crippen molar-refractivity contribution in [2.45, 2.75) is 26.2 Å². The summed E-state index contributed by atoms with van der Waals surface area (Å²) in [5.41, 5.74) is 1.13. The van der Waals surface area contributed by atoms with E-state index in [1.165, 1.54) is 7.11 Å². The molecule has 0 aliphatic carbocycles. The van der Waals surface area contributed by atoms with Gasteiger partial charge in [-0.15, -0.1) is 0 Å². The molecule has 2 N–H and O–H groups in total. The van der Waals surface area contributed by atoms with Crippen LogP contribution in [0.15, 0.2) is 24.3 Å². The van der Waals surface area contributed by atoms with Crippen molar-refractivity contribution in [2.75, 3.05) is 26.8 Å². The Bertz CT molecular complexity index is 477. The van der Waals surface area contributed by atoms with Crippen LogP contribution >= 0.6 is 0 Å². The third-order valence-corrected chi connectivity index (χ3v) is 2.97. The molecule has 0 aliphatic rings. The van der Waals surface area contributed by atoms with E-state index >= 15 is 0 Å². The normalized spacial score (nSPS) is 9.91. The number of carbonyl (C=O) groups is 2. The van der Waals surface area contributed by atoms with E-state index in [0.717, 1.165) is 17.7 Å². The number of benzene rings is 1. The lowest BCUT2D eigenvalue weighted by molar-refractivity contribution is -0.140. The van der Waals surface area contributed by atoms with Gasteiger partial charge in [-0.1, -0.05) is 12.1 Å². The van der Waals surface area contributed by atoms with Crippen molar-refractivity contribution in [1.29, 1.82) is 0 Å². The lowest BCUT2D eigenvalue weighted by Gasteiger charge is -2.09. The van der Waals surface area contributed by atoms with Crippen LogP contribution in [0, 0.1) is 6.92 Å². The second-order valence-electron chi connectivity index (χ2n) is 4.88. The van der Waals surface area contributed by atoms with Gasteiger partial charge < -0.3 is 20.1 Å². The van der Waals surface area contributed by atoms with Gasteiger partial charge in [-0.25, -0.2) is 4.79 Å². The highest BCUT2D eigenvalue weighted by Gasteiger charge is 2.01. The maximum Gasteiger partial charge on any atom is 0.314 e. The van der Waals surface area contributed by atoms with Gasteiger partial charge in [-0.2, -0.15) is 0 Å². The summed E-state index contributed by atoms with van der Waals surface area (Å²) in [6, 6.07) is 7.53. The topological polar surface area (TPSA) is 76.7 Å². The van der Waals surface area contributed by atoms with Crippen molar-refractivity contribution in [3.63, 3.8) is 0 Å². The van der Waals surface area contributed by atoms with E-state index in [1.54, 1.807) is 0 Å². The highest BCUT2D eigenvalue weighted by atomic mass is 16.5. The molecule has 122 valence electrons. The molecule has 0 fully saturated rings. The molecule has 22 heavy (non-hydrogen) atoms. The van der Waals surface area contributed by atoms with Crippen LogP contribution in [0.4, 0.5) is 4.79 Å². The van der Waals surface area contributed by atoms with Gasteiger partial charge in [0.15, 0.2) is 0 Å². The summed E-state index contributed by atoms with van der Waals surface area (Å²) >= 11 is 0. The van der Waals surface area contributed by atoms with Gasteiger partial charge in [0.2, 0.25) is 0 Å². The minimum atomic E-state index is -0.231. The number of carbonyl (C=O) groups excluding carboxylic acids is 2. The van der Waals surface area contributed by atoms with Gasteiger partial charge in [-0.3, -0.25) is 4.79 Å². The first-order chi connectivity index (χ1) is 10.6. The quantitative estimate of drug-likeness (QED) is 0.540. The first-order valence-corrected chi connectivity index (χ1v) is 7.40. The number of rotatable bonds is 9. The predicted octanol–water partition coefficient (Wildman–Crippen LogP) is 2.02. The van der Waals surface area contributed by atoms with Crippen LogP contribution in [0.25, 0.3) is 0 Å². The van der Waals surface area contributed by atoms with Crippen LogP contribution in [0.2, 0.25) is 0 Å². The molecule has 0 bridgehead atoms. The third kappa shape index (κ3) is 8.14. The number of methoxy groups -OCH3 is 1. The van der Waals surface area contributed by atoms with E-state index in [2.05, 4.69) is 15.4 Å². The average molecular weight is 308 g/mol. The zero-order valence-corrected chi connectivity index (χ0v) is 13.2. The fraction of sp³-hybridized carbons (Fsp3) is 0.500. The molecular weight excluding hydrogens is 284 g/mol. The number of amides is 2. The number of aryl methyl sites for hydroxylation is 1. The number of esters is 1. The number of nitrogens with one attached hydrogen (secondary N) is 2. The average Bonchev–Trinajstić information content (AvgIpc) is 2.51. The molecule has 6 nitrogen and oxygen atoms in total. The Morgan fingerprint density at radius 1 is 1.14 bits per heavy atom. The number of unbranched alkanes of at least 4 members (excludes halogenated alkanes) is 1. The molecule has 0 saturated heterocycles. The zero-order chi connectivity index (χ0) is 16.2. The summed E-state index contributed by atoms with van der Waals surface area (Å²) in [4.78, 5) is 22.4. The standard InChI is InChI=1S/C16H24N2O4/c1-13-6-5-7-14(12-13)22-11-10-18-16(20)17-9-4-3-8-15(19)21-2/h5-7,12H,3-4,8-11H2,1-2H3,(H2,17,18,20). The van der Waals surface area contributed by atoms with Crippen LogP contribution < -0.4 is 15.4 Å². The molecule has 6 heteroatoms. The van der Waals surface area contributed by atoms with Crippen molar-refractivity contribution in [1.82, 2.24) is 10.6 Å². The van der Waals surface area contributed by atoms with Crippen molar-refractivity contribution in [3.8, 4) is 5.75 Å². The van der Waals surface area contributed by atoms with Crippen molar-refractivity contribution in [2.24, 2.45) is 0 Å². The van der Waals surface area contributed by atoms with Crippen LogP contribution in [0.5, 0.6) is 5.75 Å². The first-order valence-electron chi connectivity index (χ1n) is 7.40. The molecule has 1 aromatic rings. The molecule has 0 heterocycles. The van der Waals surface area contributed by atoms with E-state index in [1.807, 2.05) is 31.2 Å². The Hall–Kier alpha value is -2.24. The van der Waals surface area contributed by atoms with Gasteiger partial charge >= 0.3 is 12.0 Å². The highest BCUT2D eigenvalue weighted by Crippen LogP contribution is 2.11. The van der Waals surface area contributed by atoms with E-state index in [-0.39, 0.29) is 12.0 Å². The van der Waals surface area contributed by atoms with Gasteiger partial charge in [0.1, 0.15) is 12.4 Å². The smallest absolute Gasteiger partial charge is 0.314 e. The fourth-order valence-electron chi connectivity index (χ4n) is 1.80. The SMILES string of the molecule is COC(=O)CCCCNC(=O)NCCOc1cccc(C)c1. The molecule has 0 saturated carbocycles. The summed E-state index contributed by atoms with van der Waals surface area (Å²) in [7, 11) is 1.37. The van der Waals surface area contributed by atoms with Crippen LogP contribution in [-0.4, -0.2) is 38.8 Å². The van der Waals surface area contributed by atoms with Gasteiger partial charge in [0, 0.05) is 13.0 Å². The molecule has 0 aliphatic heterocycles. The Morgan fingerprint density at radius 3 is 2.64 bits per heavy atom. The molecule has 0 radical (unpaired) electrons. The van der Waals surface area contributed by atoms with Gasteiger partial charge in [-0.05, 0) is 37.5 Å². The van der Waals surface area contributed by atoms with E-state index in [0.29, 0.717) is 32.5 Å².